The van der Waals surface area contributed by atoms with Crippen LogP contribution in [-0.4, -0.2) is 240 Å². The Bertz CT molecular complexity index is 6730. The molecule has 8 atom stereocenters. The lowest BCUT2D eigenvalue weighted by atomic mass is 9.92. The Labute approximate surface area is 787 Å². The first-order valence-electron chi connectivity index (χ1n) is 45.9. The molecule has 138 heavy (non-hydrogen) atoms. The van der Waals surface area contributed by atoms with Crippen LogP contribution in [0.25, 0.3) is 66.2 Å². The zero-order chi connectivity index (χ0) is 98.2. The van der Waals surface area contributed by atoms with Gasteiger partial charge in [-0.05, 0) is 131 Å². The van der Waals surface area contributed by atoms with E-state index < -0.39 is 45.7 Å². The number of aliphatic hydroxyl groups excluding tert-OH is 4. The van der Waals surface area contributed by atoms with Crippen molar-refractivity contribution in [2.24, 2.45) is 22.3 Å². The van der Waals surface area contributed by atoms with Gasteiger partial charge in [-0.25, -0.2) is 66.2 Å². The standard InChI is InChI=1S/2C23H28F2N8O2.2C23H30FN9O/c2*1-13-3-4-14(8-32(13)16-7-27-31(9-16)10-23(2,11-34)12-35)20-29-21-17-5-15(24)6-18(25)19(17)28-22(26)33(21)30-20;2*1-13-5-6-14(10-32(13)15-9-27-31(11-15)12-23(2,3)26)20-29-21-16-7-17(24)19(34-4)8-18(16)28-22(25)33(21)30-20/h2*5-7,9,13-14,34-35H,3-4,8,10-12H2,1-2H3,(H2,26,28);2*7-9,11,13-14H,5-6,10,12,26H2,1-4H3,(H2,25,28)/t4*13-,14+/m1011/s1. The molecule has 46 heteroatoms. The SMILES string of the molecule is COc1cc2nc(N)n3nc([C@H]4CC[C@@H](C)N(c5cnn(CC(C)(C)N)c5)C4)nc3c2cc1F.COc1cc2nc(N)n3nc([C@H]4CC[C@@H](C)N(c5cnn(CC(C)(C)N)c5)C4)nc3c2cc1F.C[C@@H]1CC[C@H](c2nc3c4cc(F)cc(F)c4nc(N)n3n2)CN1c1cnn(CC(C)(CO)CO)c1.C[C@H]1CC[C@@H](c2nc3c4cc(F)cc(F)c4nc(N)n3n2)CN1c1cnn(CC(C)(CO)CO)c1. The number of piperidine rings is 4. The summed E-state index contributed by atoms with van der Waals surface area (Å²) in [5, 5.41) is 76.2. The minimum Gasteiger partial charge on any atom is -0.494 e. The Morgan fingerprint density at radius 3 is 0.884 bits per heavy atom. The van der Waals surface area contributed by atoms with E-state index in [2.05, 4.69) is 118 Å². The second kappa shape index (κ2) is 38.0. The molecular weight excluding hydrogens is 1790 g/mol. The number of ether oxygens (including phenoxy) is 2. The minimum absolute atomic E-state index is 0.0186. The fraction of sp³-hybridized carbons (Fsp3) is 0.478. The number of hydrogen-bond donors (Lipinski definition) is 10. The number of halogens is 6. The lowest BCUT2D eigenvalue weighted by molar-refractivity contribution is 0.0523. The van der Waals surface area contributed by atoms with E-state index in [1.54, 1.807) is 35.6 Å². The molecule has 4 aliphatic rings. The van der Waals surface area contributed by atoms with E-state index in [0.717, 1.165) is 99.3 Å². The third kappa shape index (κ3) is 19.7. The molecule has 4 aliphatic heterocycles. The van der Waals surface area contributed by atoms with E-state index in [1.165, 1.54) is 68.7 Å². The lowest BCUT2D eigenvalue weighted by Gasteiger charge is -2.37. The molecule has 16 heterocycles. The number of methoxy groups -OCH3 is 2. The zero-order valence-electron chi connectivity index (χ0n) is 78.9. The molecule has 4 aromatic carbocycles. The van der Waals surface area contributed by atoms with Crippen molar-refractivity contribution >= 4 is 113 Å². The number of fused-ring (bicyclic) bond motifs is 12. The highest BCUT2D eigenvalue weighted by molar-refractivity contribution is 5.96. The van der Waals surface area contributed by atoms with Gasteiger partial charge in [-0.15, -0.1) is 20.4 Å². The van der Waals surface area contributed by atoms with Gasteiger partial charge in [0.1, 0.15) is 22.7 Å². The van der Waals surface area contributed by atoms with Crippen LogP contribution < -0.4 is 63.5 Å². The Kier molecular flexibility index (Phi) is 26.4. The highest BCUT2D eigenvalue weighted by Crippen LogP contribution is 2.41. The molecule has 12 aromatic heterocycles. The van der Waals surface area contributed by atoms with Gasteiger partial charge >= 0.3 is 0 Å². The largest absolute Gasteiger partial charge is 0.494 e. The van der Waals surface area contributed by atoms with Gasteiger partial charge in [0.05, 0.1) is 136 Å². The van der Waals surface area contributed by atoms with E-state index in [-0.39, 0.29) is 142 Å². The van der Waals surface area contributed by atoms with Crippen molar-refractivity contribution in [1.82, 2.24) is 117 Å². The number of aliphatic hydroxyl groups is 4. The number of nitrogen functional groups attached to an aromatic ring is 4. The van der Waals surface area contributed by atoms with Gasteiger partial charge in [0.25, 0.3) is 0 Å². The van der Waals surface area contributed by atoms with E-state index in [4.69, 9.17) is 53.8 Å². The van der Waals surface area contributed by atoms with Crippen molar-refractivity contribution in [3.8, 4) is 11.5 Å². The van der Waals surface area contributed by atoms with Crippen molar-refractivity contribution < 1.29 is 56.2 Å². The van der Waals surface area contributed by atoms with E-state index in [0.29, 0.717) is 108 Å². The van der Waals surface area contributed by atoms with Gasteiger partial charge in [-0.1, -0.05) is 13.8 Å². The first-order chi connectivity index (χ1) is 65.7. The number of hydrogen-bond acceptors (Lipinski definition) is 32. The summed E-state index contributed by atoms with van der Waals surface area (Å²) >= 11 is 0. The monoisotopic (exact) mass is 1910 g/mol. The fourth-order valence-electron chi connectivity index (χ4n) is 18.6. The summed E-state index contributed by atoms with van der Waals surface area (Å²) in [6, 6.07) is 10.9. The van der Waals surface area contributed by atoms with Crippen LogP contribution in [0, 0.1) is 45.7 Å². The van der Waals surface area contributed by atoms with Crippen LogP contribution in [0.2, 0.25) is 0 Å². The molecule has 0 bridgehead atoms. The fourth-order valence-corrected chi connectivity index (χ4v) is 18.6. The maximum atomic E-state index is 14.4. The molecule has 40 nitrogen and oxygen atoms in total. The molecule has 732 valence electrons. The maximum Gasteiger partial charge on any atom is 0.223 e. The normalized spacial score (nSPS) is 19.2. The van der Waals surface area contributed by atoms with Gasteiger partial charge in [0.2, 0.25) is 23.8 Å². The quantitative estimate of drug-likeness (QED) is 0.0282. The van der Waals surface area contributed by atoms with Crippen molar-refractivity contribution in [3.05, 3.63) is 156 Å². The smallest absolute Gasteiger partial charge is 0.223 e. The van der Waals surface area contributed by atoms with Gasteiger partial charge < -0.3 is 83.9 Å². The molecule has 0 saturated carbocycles. The summed E-state index contributed by atoms with van der Waals surface area (Å²) in [6.07, 6.45) is 22.5. The topological polar surface area (TPSA) is 512 Å². The predicted octanol–water partition coefficient (Wildman–Crippen LogP) is 9.62. The van der Waals surface area contributed by atoms with Gasteiger partial charge in [-0.3, -0.25) is 18.7 Å². The molecular formula is C92H116F6N34O6. The highest BCUT2D eigenvalue weighted by atomic mass is 19.2. The van der Waals surface area contributed by atoms with Crippen LogP contribution in [0.15, 0.2) is 98.1 Å². The number of benzene rings is 4. The Morgan fingerprint density at radius 2 is 0.616 bits per heavy atom. The summed E-state index contributed by atoms with van der Waals surface area (Å²) in [5.74, 6) is -0.926. The first kappa shape index (κ1) is 96.0. The second-order valence-electron chi connectivity index (χ2n) is 39.2. The molecule has 16 N–H and O–H groups in total. The average molecular weight is 1910 g/mol. The second-order valence-corrected chi connectivity index (χ2v) is 39.2. The Hall–Kier alpha value is -13.7. The Morgan fingerprint density at radius 1 is 0.348 bits per heavy atom. The summed E-state index contributed by atoms with van der Waals surface area (Å²) in [5.41, 5.74) is 41.0. The molecule has 20 rings (SSSR count). The summed E-state index contributed by atoms with van der Waals surface area (Å²) < 4.78 is 108. The van der Waals surface area contributed by atoms with Crippen molar-refractivity contribution in [2.75, 3.05) is 109 Å². The van der Waals surface area contributed by atoms with Crippen LogP contribution >= 0.6 is 0 Å². The van der Waals surface area contributed by atoms with Crippen LogP contribution in [0.1, 0.15) is 168 Å². The number of nitrogens with two attached hydrogens (primary N) is 6. The third-order valence-electron chi connectivity index (χ3n) is 26.4. The molecule has 4 fully saturated rings. The van der Waals surface area contributed by atoms with E-state index >= 15 is 0 Å². The molecule has 0 spiro atoms. The average Bonchev–Trinajstić information content (AvgIpc) is 1.60. The lowest BCUT2D eigenvalue weighted by Crippen LogP contribution is -2.41. The maximum absolute atomic E-state index is 14.4. The zero-order valence-corrected chi connectivity index (χ0v) is 78.9. The number of aromatic nitrogens is 24. The summed E-state index contributed by atoms with van der Waals surface area (Å²) in [4.78, 5) is 44.8. The summed E-state index contributed by atoms with van der Waals surface area (Å²) in [6.45, 7) is 24.4. The number of rotatable bonds is 22. The molecule has 16 aromatic rings. The van der Waals surface area contributed by atoms with Crippen molar-refractivity contribution in [1.29, 1.82) is 0 Å². The minimum atomic E-state index is -0.799. The molecule has 0 radical (unpaired) electrons. The van der Waals surface area contributed by atoms with E-state index in [1.807, 2.05) is 74.2 Å². The summed E-state index contributed by atoms with van der Waals surface area (Å²) in [7, 11) is 2.83. The number of nitrogens with zero attached hydrogens (tertiary/aromatic N) is 28. The van der Waals surface area contributed by atoms with Crippen molar-refractivity contribution in [2.45, 2.75) is 206 Å². The third-order valence-corrected chi connectivity index (χ3v) is 26.4. The number of anilines is 8. The molecule has 4 saturated heterocycles. The van der Waals surface area contributed by atoms with Crippen molar-refractivity contribution in [3.63, 3.8) is 0 Å². The van der Waals surface area contributed by atoms with Gasteiger partial charge in [0.15, 0.2) is 80.7 Å². The van der Waals surface area contributed by atoms with Crippen LogP contribution in [0.4, 0.5) is 72.9 Å². The molecule has 0 amide bonds. The molecule has 0 unspecified atom stereocenters. The Balaban J connectivity index is 0.000000127. The van der Waals surface area contributed by atoms with Crippen LogP contribution in [-0.2, 0) is 26.2 Å². The first-order valence-corrected chi connectivity index (χ1v) is 45.9. The van der Waals surface area contributed by atoms with Crippen LogP contribution in [0.3, 0.4) is 0 Å². The van der Waals surface area contributed by atoms with E-state index in [9.17, 15) is 46.8 Å². The van der Waals surface area contributed by atoms with Crippen LogP contribution in [0.5, 0.6) is 11.5 Å². The van der Waals surface area contributed by atoms with Gasteiger partial charge in [-0.2, -0.15) is 38.5 Å². The van der Waals surface area contributed by atoms with Gasteiger partial charge in [0, 0.05) is 156 Å². The predicted molar refractivity (Wildman–Crippen MR) is 509 cm³/mol. The molecule has 0 aliphatic carbocycles. The highest BCUT2D eigenvalue weighted by Gasteiger charge is 2.38.